The van der Waals surface area contributed by atoms with Crippen LogP contribution in [0.15, 0.2) is 71.6 Å². The van der Waals surface area contributed by atoms with Crippen molar-refractivity contribution in [2.75, 3.05) is 17.9 Å². The van der Waals surface area contributed by atoms with E-state index in [1.54, 1.807) is 37.3 Å². The number of carbonyl (C=O) groups excluding carboxylic acids is 2. The van der Waals surface area contributed by atoms with Crippen LogP contribution in [0, 0.1) is 6.92 Å². The van der Waals surface area contributed by atoms with Gasteiger partial charge in [0.05, 0.1) is 10.6 Å². The van der Waals surface area contributed by atoms with Crippen LogP contribution in [0.4, 0.5) is 5.69 Å². The van der Waals surface area contributed by atoms with E-state index in [1.807, 2.05) is 13.0 Å². The van der Waals surface area contributed by atoms with Crippen molar-refractivity contribution in [1.29, 1.82) is 0 Å². The Bertz CT molecular complexity index is 1400. The fourth-order valence-electron chi connectivity index (χ4n) is 3.67. The zero-order valence-corrected chi connectivity index (χ0v) is 23.5. The minimum absolute atomic E-state index is 0.0298. The molecule has 2 amide bonds. The van der Waals surface area contributed by atoms with Crippen LogP contribution in [-0.2, 0) is 26.2 Å². The Morgan fingerprint density at radius 1 is 0.946 bits per heavy atom. The molecule has 3 aromatic rings. The minimum atomic E-state index is -4.17. The molecule has 0 aliphatic rings. The Labute approximate surface area is 232 Å². The van der Waals surface area contributed by atoms with E-state index in [-0.39, 0.29) is 11.4 Å². The summed E-state index contributed by atoms with van der Waals surface area (Å²) in [5, 5.41) is 3.65. The molecule has 3 rings (SSSR count). The number of nitrogens with one attached hydrogen (secondary N) is 1. The van der Waals surface area contributed by atoms with Gasteiger partial charge in [0.1, 0.15) is 12.6 Å². The summed E-state index contributed by atoms with van der Waals surface area (Å²) in [6.45, 7) is 2.79. The molecule has 0 radical (unpaired) electrons. The Balaban J connectivity index is 2.05. The van der Waals surface area contributed by atoms with Gasteiger partial charge in [0.15, 0.2) is 0 Å². The Kier molecular flexibility index (Phi) is 9.47. The smallest absolute Gasteiger partial charge is 0.264 e. The van der Waals surface area contributed by atoms with Crippen LogP contribution in [0.2, 0.25) is 15.1 Å². The number of amides is 2. The Morgan fingerprint density at radius 3 is 2.19 bits per heavy atom. The number of benzene rings is 3. The molecular formula is C26H26Cl3N3O4S. The lowest BCUT2D eigenvalue weighted by atomic mass is 10.1. The van der Waals surface area contributed by atoms with Crippen molar-refractivity contribution < 1.29 is 18.0 Å². The van der Waals surface area contributed by atoms with Gasteiger partial charge in [-0.25, -0.2) is 8.42 Å². The molecule has 1 unspecified atom stereocenters. The van der Waals surface area contributed by atoms with Crippen LogP contribution in [0.1, 0.15) is 18.1 Å². The number of carbonyl (C=O) groups is 2. The first-order valence-corrected chi connectivity index (χ1v) is 13.8. The van der Waals surface area contributed by atoms with Gasteiger partial charge < -0.3 is 10.2 Å². The summed E-state index contributed by atoms with van der Waals surface area (Å²) in [5.41, 5.74) is 1.67. The van der Waals surface area contributed by atoms with E-state index < -0.39 is 34.4 Å². The first-order valence-electron chi connectivity index (χ1n) is 11.2. The largest absolute Gasteiger partial charge is 0.357 e. The summed E-state index contributed by atoms with van der Waals surface area (Å²) in [7, 11) is -2.71. The topological polar surface area (TPSA) is 86.8 Å². The van der Waals surface area contributed by atoms with Gasteiger partial charge in [-0.3, -0.25) is 13.9 Å². The van der Waals surface area contributed by atoms with Crippen LogP contribution in [-0.4, -0.2) is 44.8 Å². The molecular weight excluding hydrogens is 557 g/mol. The highest BCUT2D eigenvalue weighted by Crippen LogP contribution is 2.27. The van der Waals surface area contributed by atoms with Crippen molar-refractivity contribution >= 4 is 62.3 Å². The summed E-state index contributed by atoms with van der Waals surface area (Å²) >= 11 is 18.3. The Hall–Kier alpha value is -2.78. The van der Waals surface area contributed by atoms with Gasteiger partial charge in [-0.15, -0.1) is 0 Å². The lowest BCUT2D eigenvalue weighted by molar-refractivity contribution is -0.139. The van der Waals surface area contributed by atoms with E-state index in [1.165, 1.54) is 42.3 Å². The molecule has 0 saturated carbocycles. The molecule has 0 heterocycles. The molecule has 0 saturated heterocycles. The average Bonchev–Trinajstić information content (AvgIpc) is 2.86. The number of likely N-dealkylation sites (N-methyl/N-ethyl adjacent to an activating group) is 1. The molecule has 0 bridgehead atoms. The monoisotopic (exact) mass is 581 g/mol. The number of nitrogens with zero attached hydrogens (tertiary/aromatic N) is 2. The maximum absolute atomic E-state index is 13.7. The molecule has 1 atom stereocenters. The molecule has 0 aliphatic carbocycles. The SMILES string of the molecule is CNC(=O)C(C)N(Cc1ccc(Cl)cc1Cl)C(=O)CN(c1cccc(C)c1)S(=O)(=O)c1ccc(Cl)cc1. The quantitative estimate of drug-likeness (QED) is 0.370. The van der Waals surface area contributed by atoms with Gasteiger partial charge in [0.25, 0.3) is 10.0 Å². The van der Waals surface area contributed by atoms with Crippen molar-refractivity contribution in [3.05, 3.63) is 92.9 Å². The summed E-state index contributed by atoms with van der Waals surface area (Å²) < 4.78 is 28.5. The second-order valence-electron chi connectivity index (χ2n) is 8.35. The summed E-state index contributed by atoms with van der Waals surface area (Å²) in [5.74, 6) is -1.01. The number of halogens is 3. The van der Waals surface area contributed by atoms with Crippen molar-refractivity contribution in [1.82, 2.24) is 10.2 Å². The van der Waals surface area contributed by atoms with Gasteiger partial charge in [0, 0.05) is 28.7 Å². The van der Waals surface area contributed by atoms with Crippen LogP contribution in [0.3, 0.4) is 0 Å². The third-order valence-electron chi connectivity index (χ3n) is 5.74. The van der Waals surface area contributed by atoms with E-state index in [0.717, 1.165) is 9.87 Å². The number of sulfonamides is 1. The van der Waals surface area contributed by atoms with Crippen LogP contribution < -0.4 is 9.62 Å². The molecule has 0 fully saturated rings. The van der Waals surface area contributed by atoms with Crippen molar-refractivity contribution in [3.8, 4) is 0 Å². The second kappa shape index (κ2) is 12.2. The van der Waals surface area contributed by atoms with Crippen molar-refractivity contribution in [3.63, 3.8) is 0 Å². The van der Waals surface area contributed by atoms with Crippen molar-refractivity contribution in [2.45, 2.75) is 31.3 Å². The number of aryl methyl sites for hydroxylation is 1. The zero-order valence-electron chi connectivity index (χ0n) is 20.4. The summed E-state index contributed by atoms with van der Waals surface area (Å²) in [4.78, 5) is 27.5. The maximum Gasteiger partial charge on any atom is 0.264 e. The summed E-state index contributed by atoms with van der Waals surface area (Å²) in [6, 6.07) is 16.4. The zero-order chi connectivity index (χ0) is 27.3. The lowest BCUT2D eigenvalue weighted by Gasteiger charge is -2.32. The minimum Gasteiger partial charge on any atom is -0.357 e. The maximum atomic E-state index is 13.7. The molecule has 196 valence electrons. The van der Waals surface area contributed by atoms with Gasteiger partial charge in [-0.2, -0.15) is 0 Å². The van der Waals surface area contributed by atoms with Crippen molar-refractivity contribution in [2.24, 2.45) is 0 Å². The summed E-state index contributed by atoms with van der Waals surface area (Å²) in [6.07, 6.45) is 0. The lowest BCUT2D eigenvalue weighted by Crippen LogP contribution is -2.50. The van der Waals surface area contributed by atoms with Gasteiger partial charge in [-0.1, -0.05) is 53.0 Å². The average molecular weight is 583 g/mol. The highest BCUT2D eigenvalue weighted by atomic mass is 35.5. The fraction of sp³-hybridized carbons (Fsp3) is 0.231. The van der Waals surface area contributed by atoms with Gasteiger partial charge in [-0.05, 0) is 73.5 Å². The molecule has 37 heavy (non-hydrogen) atoms. The number of hydrogen-bond acceptors (Lipinski definition) is 4. The molecule has 1 N–H and O–H groups in total. The predicted molar refractivity (Wildman–Crippen MR) is 148 cm³/mol. The van der Waals surface area contributed by atoms with E-state index in [4.69, 9.17) is 34.8 Å². The fourth-order valence-corrected chi connectivity index (χ4v) is 5.67. The van der Waals surface area contributed by atoms with E-state index in [9.17, 15) is 18.0 Å². The highest BCUT2D eigenvalue weighted by Gasteiger charge is 2.32. The highest BCUT2D eigenvalue weighted by molar-refractivity contribution is 7.92. The van der Waals surface area contributed by atoms with Gasteiger partial charge in [0.2, 0.25) is 11.8 Å². The standard InChI is InChI=1S/C26H26Cl3N3O4S/c1-17-5-4-6-22(13-17)32(37(35,36)23-11-9-20(27)10-12-23)16-25(33)31(18(2)26(34)30-3)15-19-7-8-21(28)14-24(19)29/h4-14,18H,15-16H2,1-3H3,(H,30,34). The molecule has 0 aromatic heterocycles. The molecule has 0 aliphatic heterocycles. The molecule has 3 aromatic carbocycles. The van der Waals surface area contributed by atoms with E-state index in [0.29, 0.717) is 26.3 Å². The number of hydrogen-bond donors (Lipinski definition) is 1. The van der Waals surface area contributed by atoms with Crippen LogP contribution in [0.25, 0.3) is 0 Å². The molecule has 0 spiro atoms. The van der Waals surface area contributed by atoms with Crippen LogP contribution in [0.5, 0.6) is 0 Å². The first-order chi connectivity index (χ1) is 17.4. The Morgan fingerprint density at radius 2 is 1.59 bits per heavy atom. The molecule has 7 nitrogen and oxygen atoms in total. The van der Waals surface area contributed by atoms with Gasteiger partial charge >= 0.3 is 0 Å². The number of anilines is 1. The van der Waals surface area contributed by atoms with E-state index in [2.05, 4.69) is 5.32 Å². The van der Waals surface area contributed by atoms with Crippen LogP contribution >= 0.6 is 34.8 Å². The second-order valence-corrected chi connectivity index (χ2v) is 11.5. The van der Waals surface area contributed by atoms with E-state index >= 15 is 0 Å². The number of rotatable bonds is 9. The third-order valence-corrected chi connectivity index (χ3v) is 8.37. The first kappa shape index (κ1) is 28.8. The third kappa shape index (κ3) is 6.96. The normalized spacial score (nSPS) is 12.1. The predicted octanol–water partition coefficient (Wildman–Crippen LogP) is 5.31. The molecule has 11 heteroatoms.